The van der Waals surface area contributed by atoms with E-state index >= 15 is 0 Å². The third-order valence-corrected chi connectivity index (χ3v) is 6.05. The molecule has 0 aliphatic heterocycles. The standard InChI is InChI=1S/C17H10F3N7OS2/c18-9-4-8(29-13(9)15-24-25-16(28-15)14(19)20)5-27-6-11(23-26-27)7-1-2-10-12(3-7)30-17(21)22-10/h1-4,6,14H,5H2,(H2,21,22). The van der Waals surface area contributed by atoms with Gasteiger partial charge in [0.15, 0.2) is 5.13 Å². The lowest BCUT2D eigenvalue weighted by Crippen LogP contribution is -1.98. The van der Waals surface area contributed by atoms with Crippen LogP contribution in [0.4, 0.5) is 18.3 Å². The van der Waals surface area contributed by atoms with Crippen LogP contribution in [0.15, 0.2) is 34.9 Å². The number of nitrogens with zero attached hydrogens (tertiary/aromatic N) is 6. The van der Waals surface area contributed by atoms with E-state index in [9.17, 15) is 13.2 Å². The van der Waals surface area contributed by atoms with Crippen molar-refractivity contribution in [3.05, 3.63) is 47.0 Å². The molecule has 0 spiro atoms. The van der Waals surface area contributed by atoms with E-state index in [0.29, 0.717) is 15.7 Å². The first kappa shape index (κ1) is 18.7. The van der Waals surface area contributed by atoms with Crippen LogP contribution in [-0.2, 0) is 6.54 Å². The van der Waals surface area contributed by atoms with Gasteiger partial charge in [-0.2, -0.15) is 8.78 Å². The van der Waals surface area contributed by atoms with Crippen LogP contribution < -0.4 is 5.73 Å². The Hall–Kier alpha value is -3.32. The molecule has 0 radical (unpaired) electrons. The minimum atomic E-state index is -2.91. The molecule has 0 saturated carbocycles. The van der Waals surface area contributed by atoms with E-state index in [1.165, 1.54) is 17.4 Å². The number of thiazole rings is 1. The van der Waals surface area contributed by atoms with Crippen LogP contribution in [0.1, 0.15) is 17.2 Å². The molecule has 0 saturated heterocycles. The number of benzene rings is 1. The van der Waals surface area contributed by atoms with E-state index in [0.717, 1.165) is 27.1 Å². The first-order valence-corrected chi connectivity index (χ1v) is 10.1. The monoisotopic (exact) mass is 449 g/mol. The molecular weight excluding hydrogens is 439 g/mol. The largest absolute Gasteiger partial charge is 0.414 e. The van der Waals surface area contributed by atoms with Crippen molar-refractivity contribution in [1.82, 2.24) is 30.2 Å². The van der Waals surface area contributed by atoms with Crippen molar-refractivity contribution in [2.24, 2.45) is 0 Å². The van der Waals surface area contributed by atoms with Crippen molar-refractivity contribution in [3.63, 3.8) is 0 Å². The summed E-state index contributed by atoms with van der Waals surface area (Å²) in [7, 11) is 0. The molecule has 0 aliphatic rings. The molecule has 30 heavy (non-hydrogen) atoms. The lowest BCUT2D eigenvalue weighted by Gasteiger charge is -1.96. The summed E-state index contributed by atoms with van der Waals surface area (Å²) in [6, 6.07) is 6.93. The van der Waals surface area contributed by atoms with Crippen LogP contribution in [0.3, 0.4) is 0 Å². The van der Waals surface area contributed by atoms with E-state index in [4.69, 9.17) is 10.2 Å². The number of halogens is 3. The van der Waals surface area contributed by atoms with Crippen LogP contribution in [0.5, 0.6) is 0 Å². The molecule has 2 N–H and O–H groups in total. The maximum absolute atomic E-state index is 14.3. The quantitative estimate of drug-likeness (QED) is 0.424. The number of rotatable bonds is 5. The normalized spacial score (nSPS) is 11.7. The molecule has 0 atom stereocenters. The van der Waals surface area contributed by atoms with Gasteiger partial charge in [0.25, 0.3) is 11.8 Å². The highest BCUT2D eigenvalue weighted by molar-refractivity contribution is 7.22. The van der Waals surface area contributed by atoms with Crippen LogP contribution in [0, 0.1) is 5.82 Å². The summed E-state index contributed by atoms with van der Waals surface area (Å²) in [5.74, 6) is -1.76. The van der Waals surface area contributed by atoms with E-state index < -0.39 is 18.1 Å². The van der Waals surface area contributed by atoms with Crippen molar-refractivity contribution in [1.29, 1.82) is 0 Å². The Balaban J connectivity index is 1.38. The van der Waals surface area contributed by atoms with Gasteiger partial charge in [0.05, 0.1) is 23.0 Å². The minimum absolute atomic E-state index is 0.00188. The van der Waals surface area contributed by atoms with Gasteiger partial charge < -0.3 is 10.2 Å². The van der Waals surface area contributed by atoms with Gasteiger partial charge in [-0.05, 0) is 18.2 Å². The van der Waals surface area contributed by atoms with Crippen molar-refractivity contribution >= 4 is 38.0 Å². The summed E-state index contributed by atoms with van der Waals surface area (Å²) in [6.07, 6.45) is -1.19. The smallest absolute Gasteiger partial charge is 0.314 e. The van der Waals surface area contributed by atoms with Crippen molar-refractivity contribution in [3.8, 4) is 22.0 Å². The van der Waals surface area contributed by atoms with Crippen molar-refractivity contribution in [2.45, 2.75) is 13.0 Å². The molecule has 13 heteroatoms. The summed E-state index contributed by atoms with van der Waals surface area (Å²) in [5, 5.41) is 15.4. The van der Waals surface area contributed by atoms with Crippen molar-refractivity contribution < 1.29 is 17.6 Å². The second kappa shape index (κ2) is 7.18. The summed E-state index contributed by atoms with van der Waals surface area (Å²) in [5.41, 5.74) is 8.03. The number of nitrogens with two attached hydrogens (primary N) is 1. The number of thiophene rings is 1. The number of alkyl halides is 2. The molecule has 0 unspecified atom stereocenters. The number of fused-ring (bicyclic) bond motifs is 1. The first-order valence-electron chi connectivity index (χ1n) is 8.43. The number of anilines is 1. The molecule has 1 aromatic carbocycles. The molecule has 4 heterocycles. The Bertz CT molecular complexity index is 1360. The Labute approximate surface area is 173 Å². The number of nitrogen functional groups attached to an aromatic ring is 1. The highest BCUT2D eigenvalue weighted by Gasteiger charge is 2.21. The summed E-state index contributed by atoms with van der Waals surface area (Å²) in [6.45, 7) is 0.236. The van der Waals surface area contributed by atoms with Crippen LogP contribution >= 0.6 is 22.7 Å². The van der Waals surface area contributed by atoms with Crippen LogP contribution in [0.25, 0.3) is 32.2 Å². The molecule has 0 bridgehead atoms. The molecule has 8 nitrogen and oxygen atoms in total. The summed E-state index contributed by atoms with van der Waals surface area (Å²) >= 11 is 2.40. The third-order valence-electron chi connectivity index (χ3n) is 4.12. The van der Waals surface area contributed by atoms with Crippen molar-refractivity contribution in [2.75, 3.05) is 5.73 Å². The Morgan fingerprint density at radius 2 is 2.00 bits per heavy atom. The van der Waals surface area contributed by atoms with E-state index in [-0.39, 0.29) is 17.3 Å². The van der Waals surface area contributed by atoms with Crippen LogP contribution in [-0.4, -0.2) is 30.2 Å². The fraction of sp³-hybridized carbons (Fsp3) is 0.118. The fourth-order valence-electron chi connectivity index (χ4n) is 2.82. The lowest BCUT2D eigenvalue weighted by molar-refractivity contribution is 0.116. The van der Waals surface area contributed by atoms with E-state index in [1.54, 1.807) is 10.9 Å². The highest BCUT2D eigenvalue weighted by Crippen LogP contribution is 2.33. The minimum Gasteiger partial charge on any atom is -0.414 e. The van der Waals surface area contributed by atoms with Gasteiger partial charge >= 0.3 is 6.43 Å². The summed E-state index contributed by atoms with van der Waals surface area (Å²) in [4.78, 5) is 4.80. The number of aromatic nitrogens is 6. The zero-order chi connectivity index (χ0) is 20.8. The highest BCUT2D eigenvalue weighted by atomic mass is 32.1. The molecule has 4 aromatic heterocycles. The maximum atomic E-state index is 14.3. The van der Waals surface area contributed by atoms with Gasteiger partial charge in [-0.25, -0.2) is 14.1 Å². The first-order chi connectivity index (χ1) is 14.5. The Morgan fingerprint density at radius 1 is 1.13 bits per heavy atom. The van der Waals surface area contributed by atoms with Gasteiger partial charge in [-0.15, -0.1) is 26.6 Å². The Kier molecular flexibility index (Phi) is 4.47. The average molecular weight is 449 g/mol. The predicted molar refractivity (Wildman–Crippen MR) is 105 cm³/mol. The number of hydrogen-bond donors (Lipinski definition) is 1. The predicted octanol–water partition coefficient (Wildman–Crippen LogP) is 4.37. The average Bonchev–Trinajstić information content (AvgIpc) is 3.46. The van der Waals surface area contributed by atoms with E-state index in [1.807, 2.05) is 18.2 Å². The fourth-order valence-corrected chi connectivity index (χ4v) is 4.54. The molecule has 0 fully saturated rings. The second-order valence-corrected chi connectivity index (χ2v) is 8.37. The summed E-state index contributed by atoms with van der Waals surface area (Å²) < 4.78 is 46.8. The van der Waals surface area contributed by atoms with Crippen LogP contribution in [0.2, 0.25) is 0 Å². The lowest BCUT2D eigenvalue weighted by atomic mass is 10.1. The maximum Gasteiger partial charge on any atom is 0.314 e. The zero-order valence-corrected chi connectivity index (χ0v) is 16.4. The Morgan fingerprint density at radius 3 is 2.80 bits per heavy atom. The van der Waals surface area contributed by atoms with Gasteiger partial charge in [0.1, 0.15) is 16.4 Å². The molecule has 5 rings (SSSR count). The van der Waals surface area contributed by atoms with Gasteiger partial charge in [-0.1, -0.05) is 22.6 Å². The van der Waals surface area contributed by atoms with Gasteiger partial charge in [-0.3, -0.25) is 0 Å². The van der Waals surface area contributed by atoms with Gasteiger partial charge in [0, 0.05) is 10.4 Å². The molecule has 5 aromatic rings. The zero-order valence-electron chi connectivity index (χ0n) is 14.8. The van der Waals surface area contributed by atoms with E-state index in [2.05, 4.69) is 25.5 Å². The topological polar surface area (TPSA) is 109 Å². The third kappa shape index (κ3) is 3.41. The molecule has 0 aliphatic carbocycles. The van der Waals surface area contributed by atoms with Gasteiger partial charge in [0.2, 0.25) is 0 Å². The molecular formula is C17H10F3N7OS2. The molecule has 0 amide bonds. The SMILES string of the molecule is Nc1nc2ccc(-c3cn(Cc4cc(F)c(-c5nnc(C(F)F)o5)s4)nn3)cc2s1. The molecule has 152 valence electrons. The number of hydrogen-bond acceptors (Lipinski definition) is 9. The second-order valence-electron chi connectivity index (χ2n) is 6.17.